The van der Waals surface area contributed by atoms with Crippen molar-refractivity contribution in [3.63, 3.8) is 0 Å². The highest BCUT2D eigenvalue weighted by molar-refractivity contribution is 8.00. The van der Waals surface area contributed by atoms with Crippen molar-refractivity contribution < 1.29 is 24.0 Å². The number of fused-ring (bicyclic) bond motifs is 1. The molecule has 0 bridgehead atoms. The van der Waals surface area contributed by atoms with Crippen molar-refractivity contribution in [2.24, 2.45) is 0 Å². The number of rotatable bonds is 12. The van der Waals surface area contributed by atoms with Crippen LogP contribution in [-0.2, 0) is 11.3 Å². The standard InChI is InChI=1S/C34H45N3O5S/c1-25-27-11-6-9-14-32(27)43-34(2,37(25)38)28-12-7-8-13-29(28)42-22-10-16-35-18-20-36(21-19-35)17-15-26-23-30(39-3)33(41-5)31(24-26)40-4/h6-9,11-14,23-25,37H,10,15-22H2,1-5H3. The Bertz CT molecular complexity index is 1340. The Morgan fingerprint density at radius 3 is 2.16 bits per heavy atom. The quantitative estimate of drug-likeness (QED) is 0.234. The molecular formula is C34H45N3O5S. The van der Waals surface area contributed by atoms with Gasteiger partial charge in [-0.15, -0.1) is 0 Å². The Morgan fingerprint density at radius 1 is 0.860 bits per heavy atom. The van der Waals surface area contributed by atoms with Crippen LogP contribution in [-0.4, -0.2) is 77.0 Å². The van der Waals surface area contributed by atoms with Crippen molar-refractivity contribution in [2.75, 3.05) is 67.2 Å². The molecule has 0 spiro atoms. The van der Waals surface area contributed by atoms with Crippen molar-refractivity contribution in [1.29, 1.82) is 0 Å². The summed E-state index contributed by atoms with van der Waals surface area (Å²) in [6.45, 7) is 10.9. The first-order valence-electron chi connectivity index (χ1n) is 15.2. The molecule has 3 aromatic rings. The van der Waals surface area contributed by atoms with Gasteiger partial charge in [0.15, 0.2) is 16.4 Å². The Morgan fingerprint density at radius 2 is 1.49 bits per heavy atom. The third-order valence-corrected chi connectivity index (χ3v) is 10.2. The molecule has 8 nitrogen and oxygen atoms in total. The number of piperazine rings is 1. The average molecular weight is 608 g/mol. The third kappa shape index (κ3) is 6.91. The van der Waals surface area contributed by atoms with Crippen LogP contribution in [0.2, 0.25) is 0 Å². The van der Waals surface area contributed by atoms with E-state index < -0.39 is 4.87 Å². The van der Waals surface area contributed by atoms with Gasteiger partial charge < -0.3 is 39.0 Å². The molecule has 3 atom stereocenters. The fourth-order valence-electron chi connectivity index (χ4n) is 6.20. The van der Waals surface area contributed by atoms with Crippen LogP contribution in [0.1, 0.15) is 43.0 Å². The van der Waals surface area contributed by atoms with Crippen LogP contribution < -0.4 is 24.0 Å². The van der Waals surface area contributed by atoms with E-state index in [-0.39, 0.29) is 11.1 Å². The summed E-state index contributed by atoms with van der Waals surface area (Å²) in [6.07, 6.45) is 1.87. The van der Waals surface area contributed by atoms with E-state index in [0.29, 0.717) is 23.9 Å². The molecule has 43 heavy (non-hydrogen) atoms. The van der Waals surface area contributed by atoms with E-state index in [1.165, 1.54) is 10.5 Å². The van der Waals surface area contributed by atoms with Gasteiger partial charge in [-0.25, -0.2) is 0 Å². The molecule has 0 saturated carbocycles. The molecule has 1 saturated heterocycles. The number of hydroxylamine groups is 2. The summed E-state index contributed by atoms with van der Waals surface area (Å²) in [5.41, 5.74) is 3.26. The van der Waals surface area contributed by atoms with Gasteiger partial charge >= 0.3 is 0 Å². The number of nitrogens with zero attached hydrogens (tertiary/aromatic N) is 2. The molecule has 0 aromatic heterocycles. The average Bonchev–Trinajstić information content (AvgIpc) is 3.04. The summed E-state index contributed by atoms with van der Waals surface area (Å²) in [5, 5.41) is 13.9. The Balaban J connectivity index is 1.09. The number of nitrogens with one attached hydrogen (secondary N) is 1. The molecule has 2 heterocycles. The fourth-order valence-corrected chi connectivity index (χ4v) is 7.71. The molecule has 3 aromatic carbocycles. The van der Waals surface area contributed by atoms with Crippen LogP contribution in [0.3, 0.4) is 0 Å². The number of quaternary nitrogens is 1. The largest absolute Gasteiger partial charge is 0.633 e. The molecule has 2 aliphatic rings. The zero-order valence-electron chi connectivity index (χ0n) is 26.1. The maximum absolute atomic E-state index is 13.6. The van der Waals surface area contributed by atoms with Crippen molar-refractivity contribution >= 4 is 11.8 Å². The number of methoxy groups -OCH3 is 3. The monoisotopic (exact) mass is 607 g/mol. The first-order chi connectivity index (χ1) is 20.9. The van der Waals surface area contributed by atoms with E-state index in [2.05, 4.69) is 34.9 Å². The SMILES string of the molecule is COc1cc(CCN2CCN(CCCOc3ccccc3C3(C)Sc4ccccc4C(C)[NH+]3[O-])CC2)cc(OC)c1OC. The first kappa shape index (κ1) is 31.5. The Labute approximate surface area is 260 Å². The van der Waals surface area contributed by atoms with Crippen molar-refractivity contribution in [3.8, 4) is 23.0 Å². The van der Waals surface area contributed by atoms with Crippen LogP contribution in [0.15, 0.2) is 65.6 Å². The van der Waals surface area contributed by atoms with Gasteiger partial charge in [-0.1, -0.05) is 42.1 Å². The lowest BCUT2D eigenvalue weighted by molar-refractivity contribution is -0.923. The number of hydrogen-bond acceptors (Lipinski definition) is 8. The fraction of sp³-hybridized carbons (Fsp3) is 0.471. The van der Waals surface area contributed by atoms with E-state index in [0.717, 1.165) is 69.0 Å². The second kappa shape index (κ2) is 14.2. The summed E-state index contributed by atoms with van der Waals surface area (Å²) in [4.78, 5) is 5.54. The molecule has 232 valence electrons. The van der Waals surface area contributed by atoms with Gasteiger partial charge in [0.05, 0.1) is 33.5 Å². The molecule has 0 radical (unpaired) electrons. The van der Waals surface area contributed by atoms with E-state index in [1.807, 2.05) is 49.4 Å². The maximum atomic E-state index is 13.6. The predicted molar refractivity (Wildman–Crippen MR) is 172 cm³/mol. The zero-order valence-corrected chi connectivity index (χ0v) is 26.9. The number of ether oxygens (including phenoxy) is 4. The topological polar surface area (TPSA) is 70.9 Å². The van der Waals surface area contributed by atoms with Gasteiger partial charge in [0.25, 0.3) is 0 Å². The first-order valence-corrected chi connectivity index (χ1v) is 16.0. The highest BCUT2D eigenvalue weighted by Gasteiger charge is 2.44. The molecule has 1 N–H and O–H groups in total. The lowest BCUT2D eigenvalue weighted by atomic mass is 10.0. The van der Waals surface area contributed by atoms with Crippen LogP contribution in [0.4, 0.5) is 0 Å². The zero-order chi connectivity index (χ0) is 30.4. The molecule has 0 aliphatic carbocycles. The summed E-state index contributed by atoms with van der Waals surface area (Å²) >= 11 is 1.65. The highest BCUT2D eigenvalue weighted by atomic mass is 32.2. The number of thioether (sulfide) groups is 1. The molecule has 5 rings (SSSR count). The summed E-state index contributed by atoms with van der Waals surface area (Å²) in [5.74, 6) is 2.84. The molecule has 1 fully saturated rings. The Kier molecular flexibility index (Phi) is 10.4. The van der Waals surface area contributed by atoms with Crippen molar-refractivity contribution in [3.05, 3.63) is 82.6 Å². The summed E-state index contributed by atoms with van der Waals surface area (Å²) in [6, 6.07) is 20.3. The molecule has 9 heteroatoms. The minimum atomic E-state index is -0.678. The van der Waals surface area contributed by atoms with Crippen LogP contribution in [0.5, 0.6) is 23.0 Å². The van der Waals surface area contributed by atoms with Crippen molar-refractivity contribution in [1.82, 2.24) is 9.80 Å². The normalized spacial score (nSPS) is 22.6. The van der Waals surface area contributed by atoms with E-state index in [9.17, 15) is 5.21 Å². The van der Waals surface area contributed by atoms with Gasteiger partial charge in [0.1, 0.15) is 11.8 Å². The minimum Gasteiger partial charge on any atom is -0.633 e. The Hall–Kier alpha value is -2.95. The molecule has 2 aliphatic heterocycles. The van der Waals surface area contributed by atoms with Crippen LogP contribution in [0.25, 0.3) is 0 Å². The smallest absolute Gasteiger partial charge is 0.203 e. The van der Waals surface area contributed by atoms with Crippen molar-refractivity contribution in [2.45, 2.75) is 42.5 Å². The second-order valence-corrected chi connectivity index (χ2v) is 12.9. The number of benzene rings is 3. The minimum absolute atomic E-state index is 0.143. The van der Waals surface area contributed by atoms with E-state index >= 15 is 0 Å². The predicted octanol–water partition coefficient (Wildman–Crippen LogP) is 4.76. The lowest BCUT2D eigenvalue weighted by Gasteiger charge is -2.48. The second-order valence-electron chi connectivity index (χ2n) is 11.4. The van der Waals surface area contributed by atoms with Crippen LogP contribution >= 0.6 is 11.8 Å². The summed E-state index contributed by atoms with van der Waals surface area (Å²) < 4.78 is 22.8. The highest BCUT2D eigenvalue weighted by Crippen LogP contribution is 2.46. The third-order valence-electron chi connectivity index (χ3n) is 8.75. The van der Waals surface area contributed by atoms with Gasteiger partial charge in [-0.3, -0.25) is 0 Å². The van der Waals surface area contributed by atoms with Gasteiger partial charge in [0.2, 0.25) is 5.75 Å². The molecular weight excluding hydrogens is 562 g/mol. The van der Waals surface area contributed by atoms with Gasteiger partial charge in [-0.05, 0) is 55.7 Å². The lowest BCUT2D eigenvalue weighted by Crippen LogP contribution is -3.14. The number of para-hydroxylation sites is 1. The summed E-state index contributed by atoms with van der Waals surface area (Å²) in [7, 11) is 4.94. The van der Waals surface area contributed by atoms with Crippen LogP contribution in [0, 0.1) is 5.21 Å². The van der Waals surface area contributed by atoms with Gasteiger partial charge in [0, 0.05) is 56.7 Å². The molecule has 3 unspecified atom stereocenters. The van der Waals surface area contributed by atoms with E-state index in [1.54, 1.807) is 33.1 Å². The van der Waals surface area contributed by atoms with Gasteiger partial charge in [-0.2, -0.15) is 0 Å². The molecule has 0 amide bonds. The van der Waals surface area contributed by atoms with E-state index in [4.69, 9.17) is 18.9 Å². The maximum Gasteiger partial charge on any atom is 0.203 e. The number of hydrogen-bond donors (Lipinski definition) is 1.